The van der Waals surface area contributed by atoms with E-state index < -0.39 is 12.1 Å². The van der Waals surface area contributed by atoms with Gasteiger partial charge in [-0.25, -0.2) is 4.79 Å². The quantitative estimate of drug-likeness (QED) is 0.393. The van der Waals surface area contributed by atoms with Gasteiger partial charge in [0, 0.05) is 30.4 Å². The van der Waals surface area contributed by atoms with Gasteiger partial charge in [-0.15, -0.1) is 10.2 Å². The maximum Gasteiger partial charge on any atom is 0.331 e. The molecule has 0 unspecified atom stereocenters. The van der Waals surface area contributed by atoms with E-state index in [4.69, 9.17) is 9.15 Å². The summed E-state index contributed by atoms with van der Waals surface area (Å²) in [4.78, 5) is 14.7. The Balaban J connectivity index is 1.32. The van der Waals surface area contributed by atoms with Crippen molar-refractivity contribution in [3.8, 4) is 11.5 Å². The van der Waals surface area contributed by atoms with Crippen LogP contribution < -0.4 is 4.90 Å². The highest BCUT2D eigenvalue weighted by atomic mass is 16.6. The molecule has 3 aromatic rings. The molecular formula is C25H27N3O3. The third kappa shape index (κ3) is 5.60. The summed E-state index contributed by atoms with van der Waals surface area (Å²) in [5.74, 6) is 0.213. The Bertz CT molecular complexity index is 1000. The van der Waals surface area contributed by atoms with Gasteiger partial charge >= 0.3 is 5.97 Å². The van der Waals surface area contributed by atoms with E-state index in [0.29, 0.717) is 5.89 Å². The van der Waals surface area contributed by atoms with Crippen LogP contribution in [0.5, 0.6) is 0 Å². The van der Waals surface area contributed by atoms with Crippen LogP contribution in [0.1, 0.15) is 50.2 Å². The molecule has 0 saturated carbocycles. The van der Waals surface area contributed by atoms with Crippen LogP contribution in [0.2, 0.25) is 0 Å². The number of esters is 1. The third-order valence-electron chi connectivity index (χ3n) is 5.38. The van der Waals surface area contributed by atoms with Crippen molar-refractivity contribution >= 4 is 17.7 Å². The van der Waals surface area contributed by atoms with Crippen molar-refractivity contribution in [3.05, 3.63) is 72.1 Å². The highest BCUT2D eigenvalue weighted by Gasteiger charge is 2.18. The summed E-state index contributed by atoms with van der Waals surface area (Å²) in [7, 11) is 0. The predicted octanol–water partition coefficient (Wildman–Crippen LogP) is 5.43. The predicted molar refractivity (Wildman–Crippen MR) is 120 cm³/mol. The molecule has 6 heteroatoms. The van der Waals surface area contributed by atoms with Crippen LogP contribution in [0.4, 0.5) is 5.69 Å². The Labute approximate surface area is 182 Å². The Kier molecular flexibility index (Phi) is 6.77. The molecule has 0 aliphatic carbocycles. The molecule has 4 rings (SSSR count). The summed E-state index contributed by atoms with van der Waals surface area (Å²) < 4.78 is 11.1. The van der Waals surface area contributed by atoms with Gasteiger partial charge in [0.25, 0.3) is 5.89 Å². The molecule has 1 saturated heterocycles. The van der Waals surface area contributed by atoms with Crippen molar-refractivity contribution in [2.24, 2.45) is 0 Å². The summed E-state index contributed by atoms with van der Waals surface area (Å²) in [6.45, 7) is 3.94. The first kappa shape index (κ1) is 20.8. The summed E-state index contributed by atoms with van der Waals surface area (Å²) in [6, 6.07) is 17.8. The van der Waals surface area contributed by atoms with E-state index in [-0.39, 0.29) is 5.89 Å². The zero-order chi connectivity index (χ0) is 21.5. The van der Waals surface area contributed by atoms with Gasteiger partial charge in [-0.1, -0.05) is 43.2 Å². The van der Waals surface area contributed by atoms with E-state index in [1.54, 1.807) is 13.0 Å². The average Bonchev–Trinajstić information content (AvgIpc) is 3.15. The van der Waals surface area contributed by atoms with Crippen LogP contribution in [-0.2, 0) is 9.53 Å². The largest absolute Gasteiger partial charge is 0.449 e. The van der Waals surface area contributed by atoms with E-state index in [9.17, 15) is 4.79 Å². The molecule has 2 aromatic carbocycles. The van der Waals surface area contributed by atoms with Crippen LogP contribution in [0.25, 0.3) is 17.5 Å². The molecule has 0 spiro atoms. The minimum Gasteiger partial charge on any atom is -0.449 e. The van der Waals surface area contributed by atoms with E-state index in [2.05, 4.69) is 27.2 Å². The van der Waals surface area contributed by atoms with E-state index in [1.165, 1.54) is 37.4 Å². The smallest absolute Gasteiger partial charge is 0.331 e. The molecule has 0 bridgehead atoms. The Morgan fingerprint density at radius 1 is 1.00 bits per heavy atom. The van der Waals surface area contributed by atoms with Gasteiger partial charge in [-0.2, -0.15) is 0 Å². The van der Waals surface area contributed by atoms with Crippen molar-refractivity contribution in [1.29, 1.82) is 0 Å². The third-order valence-corrected chi connectivity index (χ3v) is 5.38. The lowest BCUT2D eigenvalue weighted by Crippen LogP contribution is -2.23. The fourth-order valence-corrected chi connectivity index (χ4v) is 3.65. The Morgan fingerprint density at radius 3 is 2.42 bits per heavy atom. The number of rotatable bonds is 6. The maximum absolute atomic E-state index is 12.2. The first-order chi connectivity index (χ1) is 15.2. The number of carbonyl (C=O) groups is 1. The summed E-state index contributed by atoms with van der Waals surface area (Å²) in [5.41, 5.74) is 3.01. The zero-order valence-electron chi connectivity index (χ0n) is 17.7. The van der Waals surface area contributed by atoms with Crippen LogP contribution in [0.3, 0.4) is 0 Å². The number of anilines is 1. The molecule has 6 nitrogen and oxygen atoms in total. The molecule has 1 atom stereocenters. The molecule has 0 amide bonds. The number of aromatic nitrogens is 2. The summed E-state index contributed by atoms with van der Waals surface area (Å²) >= 11 is 0. The van der Waals surface area contributed by atoms with Crippen LogP contribution >= 0.6 is 0 Å². The van der Waals surface area contributed by atoms with Crippen LogP contribution in [0, 0.1) is 0 Å². The lowest BCUT2D eigenvalue weighted by atomic mass is 10.1. The lowest BCUT2D eigenvalue weighted by Gasteiger charge is -2.22. The van der Waals surface area contributed by atoms with Crippen LogP contribution in [-0.4, -0.2) is 29.3 Å². The fourth-order valence-electron chi connectivity index (χ4n) is 3.65. The van der Waals surface area contributed by atoms with E-state index >= 15 is 0 Å². The summed E-state index contributed by atoms with van der Waals surface area (Å²) in [5, 5.41) is 8.03. The molecule has 1 fully saturated rings. The molecule has 31 heavy (non-hydrogen) atoms. The van der Waals surface area contributed by atoms with Gasteiger partial charge in [-0.05, 0) is 55.7 Å². The number of ether oxygens (including phenoxy) is 1. The zero-order valence-corrected chi connectivity index (χ0v) is 17.7. The molecular weight excluding hydrogens is 390 g/mol. The Morgan fingerprint density at radius 2 is 1.71 bits per heavy atom. The number of carbonyl (C=O) groups excluding carboxylic acids is 1. The van der Waals surface area contributed by atoms with Crippen molar-refractivity contribution in [2.75, 3.05) is 18.0 Å². The standard InChI is InChI=1S/C25H27N3O3/c1-19(24-26-27-25(31-24)21-9-5-4-6-10-21)30-23(29)16-13-20-11-14-22(15-12-20)28-17-7-2-3-8-18-28/h4-6,9-16,19H,2-3,7-8,17-18H2,1H3/b16-13+/t19-/m1/s1. The number of hydrogen-bond donors (Lipinski definition) is 0. The van der Waals surface area contributed by atoms with E-state index in [1.807, 2.05) is 42.5 Å². The molecule has 2 heterocycles. The summed E-state index contributed by atoms with van der Waals surface area (Å²) in [6.07, 6.45) is 7.67. The highest BCUT2D eigenvalue weighted by molar-refractivity contribution is 5.87. The van der Waals surface area contributed by atoms with Gasteiger partial charge in [-0.3, -0.25) is 0 Å². The SMILES string of the molecule is C[C@@H](OC(=O)/C=C/c1ccc(N2CCCCCC2)cc1)c1nnc(-c2ccccc2)o1. The van der Waals surface area contributed by atoms with Crippen molar-refractivity contribution in [3.63, 3.8) is 0 Å². The number of hydrogen-bond acceptors (Lipinski definition) is 6. The van der Waals surface area contributed by atoms with E-state index in [0.717, 1.165) is 24.2 Å². The second-order valence-electron chi connectivity index (χ2n) is 7.72. The van der Waals surface area contributed by atoms with Crippen molar-refractivity contribution in [2.45, 2.75) is 38.7 Å². The lowest BCUT2D eigenvalue weighted by molar-refractivity contribution is -0.143. The molecule has 1 aromatic heterocycles. The molecule has 0 radical (unpaired) electrons. The van der Waals surface area contributed by atoms with Gasteiger partial charge < -0.3 is 14.1 Å². The highest BCUT2D eigenvalue weighted by Crippen LogP contribution is 2.23. The molecule has 0 N–H and O–H groups in total. The maximum atomic E-state index is 12.2. The first-order valence-corrected chi connectivity index (χ1v) is 10.8. The van der Waals surface area contributed by atoms with Crippen LogP contribution in [0.15, 0.2) is 65.1 Å². The normalized spacial score (nSPS) is 15.6. The topological polar surface area (TPSA) is 68.5 Å². The molecule has 1 aliphatic rings. The minimum absolute atomic E-state index is 0.266. The minimum atomic E-state index is -0.632. The average molecular weight is 418 g/mol. The fraction of sp³-hybridized carbons (Fsp3) is 0.320. The monoisotopic (exact) mass is 417 g/mol. The van der Waals surface area contributed by atoms with Gasteiger partial charge in [0.05, 0.1) is 0 Å². The van der Waals surface area contributed by atoms with Crippen molar-refractivity contribution in [1.82, 2.24) is 10.2 Å². The number of nitrogens with zero attached hydrogens (tertiary/aromatic N) is 3. The Hall–Kier alpha value is -3.41. The molecule has 1 aliphatic heterocycles. The first-order valence-electron chi connectivity index (χ1n) is 10.8. The van der Waals surface area contributed by atoms with Gasteiger partial charge in [0.1, 0.15) is 0 Å². The van der Waals surface area contributed by atoms with Gasteiger partial charge in [0.2, 0.25) is 5.89 Å². The second-order valence-corrected chi connectivity index (χ2v) is 7.72. The molecule has 160 valence electrons. The van der Waals surface area contributed by atoms with Gasteiger partial charge in [0.15, 0.2) is 6.10 Å². The second kappa shape index (κ2) is 10.1. The number of benzene rings is 2. The van der Waals surface area contributed by atoms with Crippen molar-refractivity contribution < 1.29 is 13.9 Å².